The van der Waals surface area contributed by atoms with Crippen molar-refractivity contribution in [3.63, 3.8) is 0 Å². The maximum absolute atomic E-state index is 11.5. The number of hydrogen-bond donors (Lipinski definition) is 1. The lowest BCUT2D eigenvalue weighted by Crippen LogP contribution is -2.29. The highest BCUT2D eigenvalue weighted by Gasteiger charge is 2.29. The van der Waals surface area contributed by atoms with Gasteiger partial charge in [0.1, 0.15) is 6.61 Å². The van der Waals surface area contributed by atoms with Crippen LogP contribution in [0.25, 0.3) is 0 Å². The van der Waals surface area contributed by atoms with Crippen molar-refractivity contribution < 1.29 is 9.90 Å². The topological polar surface area (TPSA) is 37.3 Å². The Hall–Kier alpha value is -0.370. The van der Waals surface area contributed by atoms with Crippen LogP contribution in [0.3, 0.4) is 0 Å². The van der Waals surface area contributed by atoms with Crippen molar-refractivity contribution in [3.8, 4) is 0 Å². The zero-order chi connectivity index (χ0) is 11.7. The summed E-state index contributed by atoms with van der Waals surface area (Å²) in [4.78, 5) is 11.5. The molecule has 0 heterocycles. The van der Waals surface area contributed by atoms with Crippen LogP contribution in [0, 0.1) is 5.41 Å². The lowest BCUT2D eigenvalue weighted by molar-refractivity contribution is -0.131. The first-order valence-corrected chi connectivity index (χ1v) is 6.25. The fourth-order valence-corrected chi connectivity index (χ4v) is 1.82. The summed E-state index contributed by atoms with van der Waals surface area (Å²) < 4.78 is 0. The minimum Gasteiger partial charge on any atom is -0.389 e. The van der Waals surface area contributed by atoms with Crippen molar-refractivity contribution in [1.29, 1.82) is 0 Å². The molecule has 0 saturated carbocycles. The molecular weight excluding hydrogens is 188 g/mol. The van der Waals surface area contributed by atoms with E-state index < -0.39 is 0 Å². The zero-order valence-corrected chi connectivity index (χ0v) is 10.5. The van der Waals surface area contributed by atoms with E-state index in [1.165, 1.54) is 25.7 Å². The SMILES string of the molecule is CCCCCCCC(C)(CC)C(=O)CO. The molecule has 1 N–H and O–H groups in total. The minimum absolute atomic E-state index is 0.000455. The molecule has 0 bridgehead atoms. The van der Waals surface area contributed by atoms with E-state index in [0.29, 0.717) is 0 Å². The van der Waals surface area contributed by atoms with Crippen LogP contribution >= 0.6 is 0 Å². The summed E-state index contributed by atoms with van der Waals surface area (Å²) in [7, 11) is 0. The predicted molar refractivity (Wildman–Crippen MR) is 63.9 cm³/mol. The smallest absolute Gasteiger partial charge is 0.164 e. The van der Waals surface area contributed by atoms with E-state index >= 15 is 0 Å². The fourth-order valence-electron chi connectivity index (χ4n) is 1.82. The number of Topliss-reactive ketones (excluding diaryl/α,β-unsaturated/α-hetero) is 1. The molecule has 1 atom stereocenters. The van der Waals surface area contributed by atoms with Crippen molar-refractivity contribution in [2.24, 2.45) is 5.41 Å². The van der Waals surface area contributed by atoms with Crippen molar-refractivity contribution in [1.82, 2.24) is 0 Å². The quantitative estimate of drug-likeness (QED) is 0.598. The maximum Gasteiger partial charge on any atom is 0.164 e. The first kappa shape index (κ1) is 14.6. The van der Waals surface area contributed by atoms with E-state index in [2.05, 4.69) is 6.92 Å². The fraction of sp³-hybridized carbons (Fsp3) is 0.923. The highest BCUT2D eigenvalue weighted by molar-refractivity contribution is 5.85. The van der Waals surface area contributed by atoms with Gasteiger partial charge < -0.3 is 5.11 Å². The molecule has 90 valence electrons. The highest BCUT2D eigenvalue weighted by Crippen LogP contribution is 2.29. The van der Waals surface area contributed by atoms with Gasteiger partial charge in [-0.15, -0.1) is 0 Å². The summed E-state index contributed by atoms with van der Waals surface area (Å²) in [6.45, 7) is 5.90. The molecule has 0 radical (unpaired) electrons. The van der Waals surface area contributed by atoms with Crippen LogP contribution in [0.4, 0.5) is 0 Å². The normalized spacial score (nSPS) is 14.9. The lowest BCUT2D eigenvalue weighted by atomic mass is 9.78. The van der Waals surface area contributed by atoms with E-state index in [0.717, 1.165) is 19.3 Å². The third-order valence-corrected chi connectivity index (χ3v) is 3.43. The molecule has 1 unspecified atom stereocenters. The van der Waals surface area contributed by atoms with E-state index in [4.69, 9.17) is 5.11 Å². The lowest BCUT2D eigenvalue weighted by Gasteiger charge is -2.25. The number of unbranched alkanes of at least 4 members (excludes halogenated alkanes) is 4. The first-order chi connectivity index (χ1) is 7.10. The van der Waals surface area contributed by atoms with Gasteiger partial charge in [-0.3, -0.25) is 4.79 Å². The van der Waals surface area contributed by atoms with Gasteiger partial charge in [-0.2, -0.15) is 0 Å². The molecule has 0 aromatic rings. The van der Waals surface area contributed by atoms with Crippen LogP contribution in [0.1, 0.15) is 65.7 Å². The van der Waals surface area contributed by atoms with Crippen LogP contribution in [0.15, 0.2) is 0 Å². The Morgan fingerprint density at radius 2 is 1.73 bits per heavy atom. The zero-order valence-electron chi connectivity index (χ0n) is 10.5. The number of rotatable bonds is 9. The van der Waals surface area contributed by atoms with Crippen LogP contribution in [-0.4, -0.2) is 17.5 Å². The molecule has 0 fully saturated rings. The van der Waals surface area contributed by atoms with Crippen molar-refractivity contribution in [2.45, 2.75) is 65.7 Å². The van der Waals surface area contributed by atoms with E-state index in [1.54, 1.807) is 0 Å². The Morgan fingerprint density at radius 3 is 2.20 bits per heavy atom. The van der Waals surface area contributed by atoms with Gasteiger partial charge in [0.15, 0.2) is 5.78 Å². The van der Waals surface area contributed by atoms with Gasteiger partial charge in [0.05, 0.1) is 0 Å². The van der Waals surface area contributed by atoms with Gasteiger partial charge in [0.2, 0.25) is 0 Å². The molecule has 0 aromatic heterocycles. The minimum atomic E-state index is -0.306. The van der Waals surface area contributed by atoms with E-state index in [-0.39, 0.29) is 17.8 Å². The molecule has 15 heavy (non-hydrogen) atoms. The molecule has 0 amide bonds. The standard InChI is InChI=1S/C13H26O2/c1-4-6-7-8-9-10-13(3,5-2)12(15)11-14/h14H,4-11H2,1-3H3. The molecule has 0 aliphatic rings. The molecule has 0 rings (SSSR count). The average Bonchev–Trinajstić information content (AvgIpc) is 2.27. The Bertz CT molecular complexity index is 177. The number of carbonyl (C=O) groups excluding carboxylic acids is 1. The monoisotopic (exact) mass is 214 g/mol. The van der Waals surface area contributed by atoms with E-state index in [9.17, 15) is 4.79 Å². The third-order valence-electron chi connectivity index (χ3n) is 3.43. The molecule has 0 spiro atoms. The molecule has 0 saturated heterocycles. The number of carbonyl (C=O) groups is 1. The van der Waals surface area contributed by atoms with Crippen molar-refractivity contribution >= 4 is 5.78 Å². The Labute approximate surface area is 94.1 Å². The summed E-state index contributed by atoms with van der Waals surface area (Å²) in [6, 6.07) is 0. The predicted octanol–water partition coefficient (Wildman–Crippen LogP) is 3.32. The van der Waals surface area contributed by atoms with Crippen LogP contribution in [0.2, 0.25) is 0 Å². The van der Waals surface area contributed by atoms with Gasteiger partial charge in [0, 0.05) is 5.41 Å². The summed E-state index contributed by atoms with van der Waals surface area (Å²) in [5.74, 6) is 0.000455. The first-order valence-electron chi connectivity index (χ1n) is 6.25. The maximum atomic E-state index is 11.5. The average molecular weight is 214 g/mol. The molecular formula is C13H26O2. The molecule has 2 heteroatoms. The molecule has 0 aromatic carbocycles. The van der Waals surface area contributed by atoms with Gasteiger partial charge in [-0.05, 0) is 12.8 Å². The number of hydrogen-bond acceptors (Lipinski definition) is 2. The molecule has 2 nitrogen and oxygen atoms in total. The Kier molecular flexibility index (Phi) is 7.67. The summed E-state index contributed by atoms with van der Waals surface area (Å²) in [5.41, 5.74) is -0.291. The molecule has 0 aliphatic carbocycles. The van der Waals surface area contributed by atoms with Crippen LogP contribution in [0.5, 0.6) is 0 Å². The summed E-state index contributed by atoms with van der Waals surface area (Å²) in [5, 5.41) is 8.89. The Balaban J connectivity index is 3.83. The van der Waals surface area contributed by atoms with Gasteiger partial charge in [-0.25, -0.2) is 0 Å². The van der Waals surface area contributed by atoms with Gasteiger partial charge in [-0.1, -0.05) is 52.9 Å². The largest absolute Gasteiger partial charge is 0.389 e. The third kappa shape index (κ3) is 5.31. The number of ketones is 1. The molecule has 0 aliphatic heterocycles. The second-order valence-corrected chi connectivity index (χ2v) is 4.66. The van der Waals surface area contributed by atoms with Gasteiger partial charge >= 0.3 is 0 Å². The second-order valence-electron chi connectivity index (χ2n) is 4.66. The van der Waals surface area contributed by atoms with Gasteiger partial charge in [0.25, 0.3) is 0 Å². The summed E-state index contributed by atoms with van der Waals surface area (Å²) >= 11 is 0. The van der Waals surface area contributed by atoms with Crippen molar-refractivity contribution in [2.75, 3.05) is 6.61 Å². The van der Waals surface area contributed by atoms with E-state index in [1.807, 2.05) is 13.8 Å². The van der Waals surface area contributed by atoms with Crippen LogP contribution < -0.4 is 0 Å². The highest BCUT2D eigenvalue weighted by atomic mass is 16.3. The summed E-state index contributed by atoms with van der Waals surface area (Å²) in [6.07, 6.45) is 7.88. The van der Waals surface area contributed by atoms with Crippen LogP contribution in [-0.2, 0) is 4.79 Å². The number of aliphatic hydroxyl groups excluding tert-OH is 1. The number of aliphatic hydroxyl groups is 1. The second kappa shape index (κ2) is 7.86. The van der Waals surface area contributed by atoms with Crippen molar-refractivity contribution in [3.05, 3.63) is 0 Å². The Morgan fingerprint density at radius 1 is 1.13 bits per heavy atom.